The van der Waals surface area contributed by atoms with Crippen LogP contribution in [0.3, 0.4) is 0 Å². The summed E-state index contributed by atoms with van der Waals surface area (Å²) in [6.07, 6.45) is 4.35. The van der Waals surface area contributed by atoms with Crippen LogP contribution in [0.5, 0.6) is 0 Å². The van der Waals surface area contributed by atoms with Crippen molar-refractivity contribution in [3.8, 4) is 0 Å². The molecule has 0 fully saturated rings. The van der Waals surface area contributed by atoms with Gasteiger partial charge in [0.25, 0.3) is 0 Å². The molecule has 0 aromatic carbocycles. The Bertz CT molecular complexity index is 598. The standard InChI is InChI=1S/C9H18N4O2.C8H16N4O2/c1-11-7(8(14)15)3-2-6-4-5-12-9(10)13-6;9-6(7(13)14)2-1-5-3-4-11-8(10)12-5/h6-7,11H,2-5H2,1H3,(H,14,15)(H3,10,12,13);5-6H,1-4,9H2,(H,13,14)(H3,10,11,12)/t6?,7-;5?,6-/m10/s1. The Morgan fingerprint density at radius 3 is 1.90 bits per heavy atom. The average molecular weight is 415 g/mol. The molecule has 0 spiro atoms. The van der Waals surface area contributed by atoms with E-state index in [4.69, 9.17) is 27.4 Å². The van der Waals surface area contributed by atoms with Crippen LogP contribution in [-0.4, -0.2) is 78.4 Å². The number of carboxylic acids is 2. The summed E-state index contributed by atoms with van der Waals surface area (Å²) < 4.78 is 0. The molecule has 2 heterocycles. The van der Waals surface area contributed by atoms with Gasteiger partial charge in [0, 0.05) is 25.2 Å². The molecule has 4 atom stereocenters. The zero-order valence-corrected chi connectivity index (χ0v) is 16.8. The van der Waals surface area contributed by atoms with E-state index < -0.39 is 24.0 Å². The summed E-state index contributed by atoms with van der Waals surface area (Å²) in [4.78, 5) is 29.2. The number of aliphatic carboxylic acids is 2. The molecule has 2 rings (SSSR count). The quantitative estimate of drug-likeness (QED) is 0.207. The second kappa shape index (κ2) is 12.8. The van der Waals surface area contributed by atoms with Gasteiger partial charge in [0.2, 0.25) is 0 Å². The first kappa shape index (κ1) is 24.4. The molecule has 0 saturated heterocycles. The van der Waals surface area contributed by atoms with Crippen LogP contribution >= 0.6 is 0 Å². The van der Waals surface area contributed by atoms with E-state index in [1.54, 1.807) is 7.05 Å². The average Bonchev–Trinajstić information content (AvgIpc) is 2.67. The molecular formula is C17H34N8O4. The first-order valence-corrected chi connectivity index (χ1v) is 9.74. The summed E-state index contributed by atoms with van der Waals surface area (Å²) >= 11 is 0. The molecule has 0 aromatic heterocycles. The lowest BCUT2D eigenvalue weighted by atomic mass is 10.0. The maximum absolute atomic E-state index is 10.7. The zero-order valence-electron chi connectivity index (χ0n) is 16.8. The topological polar surface area (TPSA) is 213 Å². The predicted octanol–water partition coefficient (Wildman–Crippen LogP) is -2.03. The maximum Gasteiger partial charge on any atom is 0.320 e. The van der Waals surface area contributed by atoms with Gasteiger partial charge in [-0.05, 0) is 45.6 Å². The van der Waals surface area contributed by atoms with Crippen molar-refractivity contribution in [1.82, 2.24) is 16.0 Å². The lowest BCUT2D eigenvalue weighted by Gasteiger charge is -2.23. The molecule has 2 aliphatic rings. The van der Waals surface area contributed by atoms with Gasteiger partial charge in [0.05, 0.1) is 0 Å². The molecule has 11 N–H and O–H groups in total. The van der Waals surface area contributed by atoms with Gasteiger partial charge in [-0.25, -0.2) is 0 Å². The minimum Gasteiger partial charge on any atom is -0.480 e. The second-order valence-corrected chi connectivity index (χ2v) is 7.07. The summed E-state index contributed by atoms with van der Waals surface area (Å²) in [5.41, 5.74) is 16.4. The van der Waals surface area contributed by atoms with Crippen LogP contribution in [0.4, 0.5) is 0 Å². The highest BCUT2D eigenvalue weighted by molar-refractivity contribution is 5.79. The number of guanidine groups is 2. The van der Waals surface area contributed by atoms with Gasteiger partial charge in [-0.3, -0.25) is 19.6 Å². The number of nitrogens with two attached hydrogens (primary N) is 3. The number of nitrogens with one attached hydrogen (secondary N) is 3. The van der Waals surface area contributed by atoms with Crippen molar-refractivity contribution in [2.75, 3.05) is 20.1 Å². The highest BCUT2D eigenvalue weighted by Crippen LogP contribution is 2.08. The van der Waals surface area contributed by atoms with Gasteiger partial charge in [-0.1, -0.05) is 0 Å². The number of hydrogen-bond donors (Lipinski definition) is 8. The SMILES string of the molecule is CN[C@H](CCC1CCN=C(N)N1)C(=O)O.NC1=NCCC(CC[C@H](N)C(=O)O)N1. The Morgan fingerprint density at radius 1 is 1.03 bits per heavy atom. The van der Waals surface area contributed by atoms with E-state index in [2.05, 4.69) is 25.9 Å². The predicted molar refractivity (Wildman–Crippen MR) is 111 cm³/mol. The largest absolute Gasteiger partial charge is 0.480 e. The first-order chi connectivity index (χ1) is 13.7. The summed E-state index contributed by atoms with van der Waals surface area (Å²) in [6.45, 7) is 1.42. The summed E-state index contributed by atoms with van der Waals surface area (Å²) in [7, 11) is 1.66. The Balaban J connectivity index is 0.000000291. The molecule has 0 radical (unpaired) electrons. The molecule has 0 amide bonds. The lowest BCUT2D eigenvalue weighted by Crippen LogP contribution is -2.45. The summed E-state index contributed by atoms with van der Waals surface area (Å²) in [6, 6.07) is -0.806. The number of rotatable bonds is 9. The van der Waals surface area contributed by atoms with Crippen molar-refractivity contribution >= 4 is 23.9 Å². The van der Waals surface area contributed by atoms with Crippen molar-refractivity contribution in [1.29, 1.82) is 0 Å². The molecule has 29 heavy (non-hydrogen) atoms. The molecule has 2 unspecified atom stereocenters. The molecule has 0 aliphatic carbocycles. The fraction of sp³-hybridized carbons (Fsp3) is 0.765. The van der Waals surface area contributed by atoms with Crippen LogP contribution in [-0.2, 0) is 9.59 Å². The van der Waals surface area contributed by atoms with Crippen molar-refractivity contribution < 1.29 is 19.8 Å². The van der Waals surface area contributed by atoms with Gasteiger partial charge in [0.15, 0.2) is 11.9 Å². The Morgan fingerprint density at radius 2 is 1.52 bits per heavy atom. The zero-order chi connectivity index (χ0) is 21.8. The fourth-order valence-corrected chi connectivity index (χ4v) is 3.03. The van der Waals surface area contributed by atoms with Gasteiger partial charge < -0.3 is 43.4 Å². The number of hydrogen-bond acceptors (Lipinski definition) is 10. The minimum atomic E-state index is -0.956. The van der Waals surface area contributed by atoms with Crippen molar-refractivity contribution in [3.63, 3.8) is 0 Å². The number of carboxylic acid groups (broad SMARTS) is 2. The smallest absolute Gasteiger partial charge is 0.320 e. The number of aliphatic imine (C=N–C) groups is 2. The number of nitrogens with zero attached hydrogens (tertiary/aromatic N) is 2. The molecule has 2 aliphatic heterocycles. The molecule has 166 valence electrons. The van der Waals surface area contributed by atoms with E-state index >= 15 is 0 Å². The van der Waals surface area contributed by atoms with E-state index in [-0.39, 0.29) is 12.1 Å². The third-order valence-electron chi connectivity index (χ3n) is 4.82. The molecule has 0 aromatic rings. The number of likely N-dealkylation sites (N-methyl/N-ethyl adjacent to an activating group) is 1. The lowest BCUT2D eigenvalue weighted by molar-refractivity contribution is -0.140. The fourth-order valence-electron chi connectivity index (χ4n) is 3.03. The van der Waals surface area contributed by atoms with Crippen LogP contribution < -0.4 is 33.2 Å². The maximum atomic E-state index is 10.7. The molecule has 0 saturated carbocycles. The summed E-state index contributed by atoms with van der Waals surface area (Å²) in [5.74, 6) is -0.870. The molecule has 0 bridgehead atoms. The third-order valence-corrected chi connectivity index (χ3v) is 4.82. The third kappa shape index (κ3) is 9.94. The van der Waals surface area contributed by atoms with Crippen LogP contribution in [0, 0.1) is 0 Å². The monoisotopic (exact) mass is 414 g/mol. The van der Waals surface area contributed by atoms with E-state index in [0.717, 1.165) is 25.8 Å². The van der Waals surface area contributed by atoms with Crippen molar-refractivity contribution in [2.24, 2.45) is 27.2 Å². The van der Waals surface area contributed by atoms with Crippen LogP contribution in [0.2, 0.25) is 0 Å². The Kier molecular flexibility index (Phi) is 10.8. The van der Waals surface area contributed by atoms with Gasteiger partial charge in [0.1, 0.15) is 12.1 Å². The van der Waals surface area contributed by atoms with Crippen LogP contribution in [0.25, 0.3) is 0 Å². The Hall–Kier alpha value is -2.60. The molecule has 12 nitrogen and oxygen atoms in total. The van der Waals surface area contributed by atoms with E-state index in [1.165, 1.54) is 0 Å². The first-order valence-electron chi connectivity index (χ1n) is 9.74. The van der Waals surface area contributed by atoms with Gasteiger partial charge in [-0.15, -0.1) is 0 Å². The Labute approximate surface area is 170 Å². The highest BCUT2D eigenvalue weighted by Gasteiger charge is 2.19. The summed E-state index contributed by atoms with van der Waals surface area (Å²) in [5, 5.41) is 26.2. The molecular weight excluding hydrogens is 380 g/mol. The number of carbonyl (C=O) groups is 2. The molecule has 12 heteroatoms. The van der Waals surface area contributed by atoms with Gasteiger partial charge in [-0.2, -0.15) is 0 Å². The second-order valence-electron chi connectivity index (χ2n) is 7.07. The van der Waals surface area contributed by atoms with Crippen LogP contribution in [0.1, 0.15) is 38.5 Å². The van der Waals surface area contributed by atoms with E-state index in [0.29, 0.717) is 37.7 Å². The minimum absolute atomic E-state index is 0.206. The van der Waals surface area contributed by atoms with Gasteiger partial charge >= 0.3 is 11.9 Å². The van der Waals surface area contributed by atoms with Crippen molar-refractivity contribution in [3.05, 3.63) is 0 Å². The van der Waals surface area contributed by atoms with E-state index in [9.17, 15) is 9.59 Å². The van der Waals surface area contributed by atoms with Crippen LogP contribution in [0.15, 0.2) is 9.98 Å². The van der Waals surface area contributed by atoms with Crippen molar-refractivity contribution in [2.45, 2.75) is 62.7 Å². The van der Waals surface area contributed by atoms with E-state index in [1.807, 2.05) is 0 Å². The normalized spacial score (nSPS) is 23.1. The highest BCUT2D eigenvalue weighted by atomic mass is 16.4.